The van der Waals surface area contributed by atoms with E-state index in [1.807, 2.05) is 6.92 Å². The van der Waals surface area contributed by atoms with Crippen LogP contribution in [0.4, 0.5) is 5.69 Å². The number of amides is 1. The first-order chi connectivity index (χ1) is 9.51. The second kappa shape index (κ2) is 7.37. The van der Waals surface area contributed by atoms with E-state index in [0.717, 1.165) is 6.42 Å². The lowest BCUT2D eigenvalue weighted by molar-refractivity contribution is -0.141. The van der Waals surface area contributed by atoms with Crippen molar-refractivity contribution in [2.24, 2.45) is 0 Å². The molecule has 0 unspecified atom stereocenters. The number of nitrogens with zero attached hydrogens (tertiary/aromatic N) is 1. The maximum atomic E-state index is 12.4. The average Bonchev–Trinajstić information content (AvgIpc) is 2.45. The molecule has 6 heteroatoms. The summed E-state index contributed by atoms with van der Waals surface area (Å²) in [6.07, 6.45) is 0.738. The minimum Gasteiger partial charge on any atom is -0.497 e. The Balaban J connectivity index is 2.99. The number of anilines is 1. The van der Waals surface area contributed by atoms with E-state index in [0.29, 0.717) is 23.5 Å². The lowest BCUT2D eigenvalue weighted by Gasteiger charge is -2.21. The second-order valence-electron chi connectivity index (χ2n) is 4.30. The van der Waals surface area contributed by atoms with Gasteiger partial charge in [0.05, 0.1) is 14.2 Å². The van der Waals surface area contributed by atoms with Gasteiger partial charge in [-0.1, -0.05) is 6.92 Å². The van der Waals surface area contributed by atoms with Gasteiger partial charge in [0.25, 0.3) is 5.91 Å². The molecule has 0 aliphatic carbocycles. The van der Waals surface area contributed by atoms with Crippen LogP contribution in [0.3, 0.4) is 0 Å². The number of ether oxygens (including phenoxy) is 2. The molecular formula is C14H20N2O4. The molecule has 20 heavy (non-hydrogen) atoms. The highest BCUT2D eigenvalue weighted by atomic mass is 16.5. The summed E-state index contributed by atoms with van der Waals surface area (Å²) in [5.41, 5.74) is 6.55. The summed E-state index contributed by atoms with van der Waals surface area (Å²) in [6, 6.07) is 4.78. The standard InChI is InChI=1S/C14H20N2O4/c1-4-5-16(9-13(17)20-3)14(18)10-6-11(15)8-12(7-10)19-2/h6-8H,4-5,9,15H2,1-3H3. The van der Waals surface area contributed by atoms with Gasteiger partial charge >= 0.3 is 5.97 Å². The number of hydrogen-bond acceptors (Lipinski definition) is 5. The summed E-state index contributed by atoms with van der Waals surface area (Å²) >= 11 is 0. The van der Waals surface area contributed by atoms with E-state index in [2.05, 4.69) is 4.74 Å². The van der Waals surface area contributed by atoms with Crippen molar-refractivity contribution in [1.29, 1.82) is 0 Å². The molecule has 0 spiro atoms. The van der Waals surface area contributed by atoms with Gasteiger partial charge in [-0.05, 0) is 18.6 Å². The Morgan fingerprint density at radius 1 is 1.25 bits per heavy atom. The maximum Gasteiger partial charge on any atom is 0.325 e. The first-order valence-corrected chi connectivity index (χ1v) is 6.32. The number of carbonyl (C=O) groups is 2. The quantitative estimate of drug-likeness (QED) is 0.627. The van der Waals surface area contributed by atoms with E-state index < -0.39 is 5.97 Å². The number of methoxy groups -OCH3 is 2. The highest BCUT2D eigenvalue weighted by Gasteiger charge is 2.19. The molecule has 2 N–H and O–H groups in total. The minimum absolute atomic E-state index is 0.0830. The normalized spacial score (nSPS) is 9.95. The van der Waals surface area contributed by atoms with Crippen molar-refractivity contribution in [3.05, 3.63) is 23.8 Å². The lowest BCUT2D eigenvalue weighted by atomic mass is 10.1. The highest BCUT2D eigenvalue weighted by Crippen LogP contribution is 2.19. The van der Waals surface area contributed by atoms with Crippen molar-refractivity contribution >= 4 is 17.6 Å². The minimum atomic E-state index is -0.456. The molecular weight excluding hydrogens is 260 g/mol. The molecule has 0 aliphatic rings. The Morgan fingerprint density at radius 3 is 2.50 bits per heavy atom. The van der Waals surface area contributed by atoms with Gasteiger partial charge in [-0.15, -0.1) is 0 Å². The fourth-order valence-corrected chi connectivity index (χ4v) is 1.79. The molecule has 0 radical (unpaired) electrons. The number of hydrogen-bond donors (Lipinski definition) is 1. The number of carbonyl (C=O) groups excluding carboxylic acids is 2. The third-order valence-corrected chi connectivity index (χ3v) is 2.74. The van der Waals surface area contributed by atoms with E-state index >= 15 is 0 Å². The Hall–Kier alpha value is -2.24. The third kappa shape index (κ3) is 4.15. The first-order valence-electron chi connectivity index (χ1n) is 6.32. The Morgan fingerprint density at radius 2 is 1.95 bits per heavy atom. The van der Waals surface area contributed by atoms with Crippen LogP contribution in [0.2, 0.25) is 0 Å². The van der Waals surface area contributed by atoms with Gasteiger partial charge < -0.3 is 20.1 Å². The highest BCUT2D eigenvalue weighted by molar-refractivity contribution is 5.97. The molecule has 0 heterocycles. The first kappa shape index (κ1) is 15.8. The van der Waals surface area contributed by atoms with Gasteiger partial charge in [0.15, 0.2) is 0 Å². The monoisotopic (exact) mass is 280 g/mol. The topological polar surface area (TPSA) is 81.9 Å². The van der Waals surface area contributed by atoms with Gasteiger partial charge in [-0.25, -0.2) is 0 Å². The predicted molar refractivity (Wildman–Crippen MR) is 75.6 cm³/mol. The predicted octanol–water partition coefficient (Wildman–Crippen LogP) is 1.30. The van der Waals surface area contributed by atoms with Crippen LogP contribution in [0, 0.1) is 0 Å². The largest absolute Gasteiger partial charge is 0.497 e. The van der Waals surface area contributed by atoms with Crippen LogP contribution in [0.25, 0.3) is 0 Å². The summed E-state index contributed by atoms with van der Waals surface area (Å²) < 4.78 is 9.68. The Labute approximate surface area is 118 Å². The van der Waals surface area contributed by atoms with Crippen LogP contribution >= 0.6 is 0 Å². The molecule has 1 rings (SSSR count). The van der Waals surface area contributed by atoms with Gasteiger partial charge in [-0.3, -0.25) is 9.59 Å². The molecule has 0 saturated heterocycles. The van der Waals surface area contributed by atoms with Crippen molar-refractivity contribution < 1.29 is 19.1 Å². The smallest absolute Gasteiger partial charge is 0.325 e. The Bertz CT molecular complexity index is 488. The molecule has 0 fully saturated rings. The van der Waals surface area contributed by atoms with Crippen molar-refractivity contribution in [2.45, 2.75) is 13.3 Å². The zero-order valence-corrected chi connectivity index (χ0v) is 12.0. The van der Waals surface area contributed by atoms with Crippen molar-refractivity contribution in [1.82, 2.24) is 4.90 Å². The van der Waals surface area contributed by atoms with Crippen LogP contribution in [0.15, 0.2) is 18.2 Å². The van der Waals surface area contributed by atoms with Gasteiger partial charge in [0.1, 0.15) is 12.3 Å². The number of esters is 1. The number of nitrogens with two attached hydrogens (primary N) is 1. The molecule has 110 valence electrons. The molecule has 1 aromatic rings. The fourth-order valence-electron chi connectivity index (χ4n) is 1.79. The number of benzene rings is 1. The van der Waals surface area contributed by atoms with Crippen molar-refractivity contribution in [3.8, 4) is 5.75 Å². The van der Waals surface area contributed by atoms with E-state index in [4.69, 9.17) is 10.5 Å². The van der Waals surface area contributed by atoms with Crippen LogP contribution in [0.1, 0.15) is 23.7 Å². The summed E-state index contributed by atoms with van der Waals surface area (Å²) in [5, 5.41) is 0. The third-order valence-electron chi connectivity index (χ3n) is 2.74. The van der Waals surface area contributed by atoms with E-state index in [9.17, 15) is 9.59 Å². The fraction of sp³-hybridized carbons (Fsp3) is 0.429. The lowest BCUT2D eigenvalue weighted by Crippen LogP contribution is -2.36. The van der Waals surface area contributed by atoms with Gasteiger partial charge in [-0.2, -0.15) is 0 Å². The van der Waals surface area contributed by atoms with Gasteiger partial charge in [0, 0.05) is 23.9 Å². The summed E-state index contributed by atoms with van der Waals surface area (Å²) in [4.78, 5) is 25.2. The average molecular weight is 280 g/mol. The maximum absolute atomic E-state index is 12.4. The molecule has 0 aliphatic heterocycles. The number of rotatable bonds is 6. The molecule has 6 nitrogen and oxygen atoms in total. The van der Waals surface area contributed by atoms with Crippen LogP contribution in [0.5, 0.6) is 5.75 Å². The van der Waals surface area contributed by atoms with E-state index in [1.54, 1.807) is 18.2 Å². The molecule has 1 amide bonds. The summed E-state index contributed by atoms with van der Waals surface area (Å²) in [6.45, 7) is 2.31. The SMILES string of the molecule is CCCN(CC(=O)OC)C(=O)c1cc(N)cc(OC)c1. The van der Waals surface area contributed by atoms with E-state index in [1.165, 1.54) is 19.1 Å². The summed E-state index contributed by atoms with van der Waals surface area (Å²) in [7, 11) is 2.79. The zero-order chi connectivity index (χ0) is 15.1. The molecule has 0 saturated carbocycles. The molecule has 0 atom stereocenters. The Kier molecular flexibility index (Phi) is 5.83. The van der Waals surface area contributed by atoms with Crippen molar-refractivity contribution in [2.75, 3.05) is 33.0 Å². The van der Waals surface area contributed by atoms with E-state index in [-0.39, 0.29) is 12.5 Å². The van der Waals surface area contributed by atoms with Gasteiger partial charge in [0.2, 0.25) is 0 Å². The van der Waals surface area contributed by atoms with Crippen LogP contribution in [-0.4, -0.2) is 44.1 Å². The number of nitrogen functional groups attached to an aromatic ring is 1. The molecule has 0 aromatic heterocycles. The molecule has 1 aromatic carbocycles. The van der Waals surface area contributed by atoms with Crippen LogP contribution < -0.4 is 10.5 Å². The van der Waals surface area contributed by atoms with Crippen LogP contribution in [-0.2, 0) is 9.53 Å². The zero-order valence-electron chi connectivity index (χ0n) is 12.0. The molecule has 0 bridgehead atoms. The second-order valence-corrected chi connectivity index (χ2v) is 4.30. The summed E-state index contributed by atoms with van der Waals surface area (Å²) in [5.74, 6) is -0.228. The van der Waals surface area contributed by atoms with Crippen molar-refractivity contribution in [3.63, 3.8) is 0 Å².